The van der Waals surface area contributed by atoms with Crippen LogP contribution in [-0.4, -0.2) is 40.8 Å². The third-order valence-electron chi connectivity index (χ3n) is 3.65. The molecule has 0 aliphatic rings. The molecule has 0 aliphatic carbocycles. The van der Waals surface area contributed by atoms with Crippen LogP contribution in [0.25, 0.3) is 0 Å². The minimum Gasteiger partial charge on any atom is -0.508 e. The number of phenols is 1. The van der Waals surface area contributed by atoms with Crippen molar-refractivity contribution in [2.45, 2.75) is 24.9 Å². The van der Waals surface area contributed by atoms with Crippen LogP contribution in [0.15, 0.2) is 67.3 Å². The van der Waals surface area contributed by atoms with Gasteiger partial charge in [0.05, 0.1) is 0 Å². The highest BCUT2D eigenvalue weighted by Crippen LogP contribution is 2.10. The van der Waals surface area contributed by atoms with Gasteiger partial charge in [-0.05, 0) is 36.1 Å². The molecule has 0 heterocycles. The Hall–Kier alpha value is -3.16. The van der Waals surface area contributed by atoms with Gasteiger partial charge in [-0.25, -0.2) is 0 Å². The van der Waals surface area contributed by atoms with E-state index in [-0.39, 0.29) is 18.8 Å². The third-order valence-corrected chi connectivity index (χ3v) is 3.65. The van der Waals surface area contributed by atoms with E-state index in [0.29, 0.717) is 6.42 Å². The van der Waals surface area contributed by atoms with Gasteiger partial charge in [0.25, 0.3) is 0 Å². The van der Waals surface area contributed by atoms with Crippen LogP contribution in [0, 0.1) is 0 Å². The lowest BCUT2D eigenvalue weighted by molar-refractivity contribution is -0.144. The molecule has 2 unspecified atom stereocenters. The Morgan fingerprint density at radius 3 is 2.04 bits per heavy atom. The first-order valence-electron chi connectivity index (χ1n) is 8.66. The number of benzene rings is 2. The molecule has 2 aromatic rings. The molecule has 0 radical (unpaired) electrons. The van der Waals surface area contributed by atoms with Gasteiger partial charge in [0.2, 0.25) is 0 Å². The van der Waals surface area contributed by atoms with E-state index >= 15 is 0 Å². The highest BCUT2D eigenvalue weighted by atomic mass is 16.5. The van der Waals surface area contributed by atoms with Gasteiger partial charge in [0.1, 0.15) is 24.4 Å². The van der Waals surface area contributed by atoms with Crippen LogP contribution >= 0.6 is 0 Å². The van der Waals surface area contributed by atoms with Gasteiger partial charge in [-0.2, -0.15) is 0 Å². The topological polar surface area (TPSA) is 136 Å². The molecule has 0 saturated heterocycles. The van der Waals surface area contributed by atoms with E-state index in [0.717, 1.165) is 11.1 Å². The van der Waals surface area contributed by atoms with E-state index in [4.69, 9.17) is 26.4 Å². The maximum absolute atomic E-state index is 11.3. The largest absolute Gasteiger partial charge is 0.508 e. The van der Waals surface area contributed by atoms with E-state index in [2.05, 4.69) is 6.58 Å². The smallest absolute Gasteiger partial charge is 0.323 e. The van der Waals surface area contributed by atoms with E-state index in [1.54, 1.807) is 12.1 Å². The SMILES string of the molecule is C=CCOC(=O)C(N)Cc1ccccc1.NC(Cc1ccc(O)cc1)C(=O)O. The lowest BCUT2D eigenvalue weighted by Gasteiger charge is -2.10. The predicted molar refractivity (Wildman–Crippen MR) is 107 cm³/mol. The summed E-state index contributed by atoms with van der Waals surface area (Å²) in [6.45, 7) is 3.67. The number of carboxylic acid groups (broad SMARTS) is 1. The number of carboxylic acids is 1. The van der Waals surface area contributed by atoms with Crippen LogP contribution in [0.1, 0.15) is 11.1 Å². The van der Waals surface area contributed by atoms with Crippen molar-refractivity contribution in [2.75, 3.05) is 6.61 Å². The van der Waals surface area contributed by atoms with Gasteiger partial charge in [-0.3, -0.25) is 9.59 Å². The maximum Gasteiger partial charge on any atom is 0.323 e. The fourth-order valence-corrected chi connectivity index (χ4v) is 2.17. The molecule has 2 atom stereocenters. The number of hydrogen-bond donors (Lipinski definition) is 4. The zero-order valence-electron chi connectivity index (χ0n) is 15.5. The van der Waals surface area contributed by atoms with E-state index < -0.39 is 24.0 Å². The Morgan fingerprint density at radius 1 is 0.964 bits per heavy atom. The van der Waals surface area contributed by atoms with Crippen LogP contribution in [0.3, 0.4) is 0 Å². The summed E-state index contributed by atoms with van der Waals surface area (Å²) < 4.78 is 4.84. The van der Waals surface area contributed by atoms with Gasteiger partial charge in [-0.15, -0.1) is 0 Å². The van der Waals surface area contributed by atoms with Crippen molar-refractivity contribution >= 4 is 11.9 Å². The molecule has 7 nitrogen and oxygen atoms in total. The molecular formula is C21H26N2O5. The van der Waals surface area contributed by atoms with E-state index in [1.165, 1.54) is 18.2 Å². The minimum absolute atomic E-state index is 0.160. The summed E-state index contributed by atoms with van der Waals surface area (Å²) >= 11 is 0. The second-order valence-corrected chi connectivity index (χ2v) is 6.03. The van der Waals surface area contributed by atoms with E-state index in [1.807, 2.05) is 30.3 Å². The number of phenolic OH excluding ortho intramolecular Hbond substituents is 1. The molecule has 0 fully saturated rings. The van der Waals surface area contributed by atoms with Crippen LogP contribution in [0.2, 0.25) is 0 Å². The molecule has 0 saturated carbocycles. The molecule has 7 heteroatoms. The lowest BCUT2D eigenvalue weighted by Crippen LogP contribution is -2.34. The zero-order valence-corrected chi connectivity index (χ0v) is 15.5. The highest BCUT2D eigenvalue weighted by Gasteiger charge is 2.14. The van der Waals surface area contributed by atoms with Crippen LogP contribution in [-0.2, 0) is 27.2 Å². The van der Waals surface area contributed by atoms with E-state index in [9.17, 15) is 9.59 Å². The highest BCUT2D eigenvalue weighted by molar-refractivity contribution is 5.76. The maximum atomic E-state index is 11.3. The first kappa shape index (κ1) is 22.9. The Bertz CT molecular complexity index is 747. The normalized spacial score (nSPS) is 12.1. The number of esters is 1. The summed E-state index contributed by atoms with van der Waals surface area (Å²) in [5, 5.41) is 17.5. The van der Waals surface area contributed by atoms with Crippen LogP contribution < -0.4 is 11.5 Å². The van der Waals surface area contributed by atoms with Gasteiger partial charge in [0, 0.05) is 0 Å². The number of hydrogen-bond acceptors (Lipinski definition) is 6. The number of ether oxygens (including phenoxy) is 1. The first-order chi connectivity index (χ1) is 13.3. The number of aliphatic carboxylic acids is 1. The number of aromatic hydroxyl groups is 1. The Labute approximate surface area is 164 Å². The molecule has 2 rings (SSSR count). The number of rotatable bonds is 8. The molecule has 0 spiro atoms. The monoisotopic (exact) mass is 386 g/mol. The van der Waals surface area contributed by atoms with Crippen LogP contribution in [0.5, 0.6) is 5.75 Å². The Balaban J connectivity index is 0.000000283. The standard InChI is InChI=1S/C12H15NO2.C9H11NO3/c1-2-8-15-12(14)11(13)9-10-6-4-3-5-7-10;10-8(9(12)13)5-6-1-3-7(11)4-2-6/h2-7,11H,1,8-9,13H2;1-4,8,11H,5,10H2,(H,12,13). The van der Waals surface area contributed by atoms with Gasteiger partial charge >= 0.3 is 11.9 Å². The molecule has 28 heavy (non-hydrogen) atoms. The van der Waals surface area contributed by atoms with Crippen molar-refractivity contribution in [1.82, 2.24) is 0 Å². The van der Waals surface area contributed by atoms with Crippen molar-refractivity contribution < 1.29 is 24.5 Å². The van der Waals surface area contributed by atoms with Crippen molar-refractivity contribution in [3.05, 3.63) is 78.4 Å². The summed E-state index contributed by atoms with van der Waals surface area (Å²) in [6.07, 6.45) is 2.29. The Morgan fingerprint density at radius 2 is 1.50 bits per heavy atom. The zero-order chi connectivity index (χ0) is 20.9. The molecule has 0 bridgehead atoms. The summed E-state index contributed by atoms with van der Waals surface area (Å²) in [6, 6.07) is 14.4. The van der Waals surface area contributed by atoms with Crippen molar-refractivity contribution in [3.8, 4) is 5.75 Å². The van der Waals surface area contributed by atoms with Crippen LogP contribution in [0.4, 0.5) is 0 Å². The van der Waals surface area contributed by atoms with Crippen molar-refractivity contribution in [1.29, 1.82) is 0 Å². The Kier molecular flexibility index (Phi) is 10.0. The second-order valence-electron chi connectivity index (χ2n) is 6.03. The lowest BCUT2D eigenvalue weighted by atomic mass is 10.1. The average Bonchev–Trinajstić information content (AvgIpc) is 2.69. The molecule has 0 aromatic heterocycles. The second kappa shape index (κ2) is 12.3. The van der Waals surface area contributed by atoms with Gasteiger partial charge in [-0.1, -0.05) is 55.1 Å². The summed E-state index contributed by atoms with van der Waals surface area (Å²) in [5.74, 6) is -1.25. The molecule has 150 valence electrons. The average molecular weight is 386 g/mol. The predicted octanol–water partition coefficient (Wildman–Crippen LogP) is 1.63. The van der Waals surface area contributed by atoms with Gasteiger partial charge in [0.15, 0.2) is 0 Å². The molecule has 2 aromatic carbocycles. The molecule has 6 N–H and O–H groups in total. The fraction of sp³-hybridized carbons (Fsp3) is 0.238. The van der Waals surface area contributed by atoms with Crippen molar-refractivity contribution in [2.24, 2.45) is 11.5 Å². The van der Waals surface area contributed by atoms with Crippen molar-refractivity contribution in [3.63, 3.8) is 0 Å². The summed E-state index contributed by atoms with van der Waals surface area (Å²) in [5.41, 5.74) is 12.8. The molecule has 0 amide bonds. The third kappa shape index (κ3) is 8.98. The molecular weight excluding hydrogens is 360 g/mol. The summed E-state index contributed by atoms with van der Waals surface area (Å²) in [7, 11) is 0. The first-order valence-corrected chi connectivity index (χ1v) is 8.66. The fourth-order valence-electron chi connectivity index (χ4n) is 2.17. The quantitative estimate of drug-likeness (QED) is 0.400. The number of carbonyl (C=O) groups excluding carboxylic acids is 1. The molecule has 0 aliphatic heterocycles. The number of nitrogens with two attached hydrogens (primary N) is 2. The van der Waals surface area contributed by atoms with Gasteiger partial charge < -0.3 is 26.4 Å². The number of carbonyl (C=O) groups is 2. The minimum atomic E-state index is -1.02. The summed E-state index contributed by atoms with van der Waals surface area (Å²) in [4.78, 5) is 21.7.